The summed E-state index contributed by atoms with van der Waals surface area (Å²) in [7, 11) is 2.17. The first kappa shape index (κ1) is 26.0. The predicted molar refractivity (Wildman–Crippen MR) is 149 cm³/mol. The summed E-state index contributed by atoms with van der Waals surface area (Å²) in [5.74, 6) is 1.89. The highest BCUT2D eigenvalue weighted by molar-refractivity contribution is 14.0. The van der Waals surface area contributed by atoms with Crippen molar-refractivity contribution >= 4 is 35.8 Å². The van der Waals surface area contributed by atoms with Gasteiger partial charge in [-0.3, -0.25) is 0 Å². The van der Waals surface area contributed by atoms with E-state index in [1.54, 1.807) is 6.20 Å². The highest BCUT2D eigenvalue weighted by atomic mass is 127. The summed E-state index contributed by atoms with van der Waals surface area (Å²) in [4.78, 5) is 14.2. The summed E-state index contributed by atoms with van der Waals surface area (Å²) in [5, 5.41) is 11.1. The number of anilines is 1. The number of aromatic nitrogens is 3. The van der Waals surface area contributed by atoms with Gasteiger partial charge in [0, 0.05) is 63.4 Å². The number of halogens is 1. The van der Waals surface area contributed by atoms with Gasteiger partial charge in [-0.2, -0.15) is 5.10 Å². The third kappa shape index (κ3) is 7.17. The van der Waals surface area contributed by atoms with E-state index in [-0.39, 0.29) is 24.0 Å². The van der Waals surface area contributed by atoms with E-state index in [0.717, 1.165) is 68.7 Å². The maximum absolute atomic E-state index is 4.84. The summed E-state index contributed by atoms with van der Waals surface area (Å²) in [6.07, 6.45) is 6.54. The van der Waals surface area contributed by atoms with E-state index in [2.05, 4.69) is 74.8 Å². The molecule has 0 unspecified atom stereocenters. The van der Waals surface area contributed by atoms with E-state index < -0.39 is 0 Å². The third-order valence-electron chi connectivity index (χ3n) is 5.83. The smallest absolute Gasteiger partial charge is 0.191 e. The minimum atomic E-state index is 0. The second-order valence-electron chi connectivity index (χ2n) is 8.27. The van der Waals surface area contributed by atoms with E-state index in [9.17, 15) is 0 Å². The SMILES string of the molecule is CCNC(=NCc1cccnc1N1CCN(C)CC1)NCCc1ccc(-n2cccn2)cc1.I. The molecule has 3 heterocycles. The van der Waals surface area contributed by atoms with Gasteiger partial charge in [-0.05, 0) is 50.2 Å². The first-order valence-electron chi connectivity index (χ1n) is 11.7. The van der Waals surface area contributed by atoms with Crippen molar-refractivity contribution in [2.24, 2.45) is 4.99 Å². The van der Waals surface area contributed by atoms with Crippen LogP contribution < -0.4 is 15.5 Å². The lowest BCUT2D eigenvalue weighted by Gasteiger charge is -2.34. The molecule has 2 N–H and O–H groups in total. The molecule has 0 bridgehead atoms. The molecule has 1 aliphatic rings. The van der Waals surface area contributed by atoms with Gasteiger partial charge >= 0.3 is 0 Å². The van der Waals surface area contributed by atoms with E-state index in [1.165, 1.54) is 5.56 Å². The van der Waals surface area contributed by atoms with Crippen molar-refractivity contribution in [3.05, 3.63) is 72.2 Å². The zero-order valence-corrected chi connectivity index (χ0v) is 22.4. The second-order valence-corrected chi connectivity index (χ2v) is 8.27. The summed E-state index contributed by atoms with van der Waals surface area (Å²) >= 11 is 0. The van der Waals surface area contributed by atoms with Crippen molar-refractivity contribution in [2.45, 2.75) is 19.9 Å². The Hall–Kier alpha value is -2.66. The lowest BCUT2D eigenvalue weighted by atomic mass is 10.1. The van der Waals surface area contributed by atoms with Gasteiger partial charge in [-0.1, -0.05) is 18.2 Å². The monoisotopic (exact) mass is 574 g/mol. The molecule has 0 radical (unpaired) electrons. The molecule has 9 heteroatoms. The molecule has 3 aromatic rings. The molecule has 4 rings (SSSR count). The van der Waals surface area contributed by atoms with Crippen LogP contribution in [-0.4, -0.2) is 71.9 Å². The van der Waals surface area contributed by atoms with Gasteiger partial charge in [-0.25, -0.2) is 14.7 Å². The van der Waals surface area contributed by atoms with Crippen molar-refractivity contribution in [3.63, 3.8) is 0 Å². The number of nitrogens with one attached hydrogen (secondary N) is 2. The van der Waals surface area contributed by atoms with Crippen LogP contribution in [0.5, 0.6) is 0 Å². The highest BCUT2D eigenvalue weighted by Gasteiger charge is 2.17. The fraction of sp³-hybridized carbons (Fsp3) is 0.400. The molecule has 0 spiro atoms. The minimum Gasteiger partial charge on any atom is -0.357 e. The standard InChI is InChI=1S/C25H34N8.HI/c1-3-26-25(28-14-11-21-7-9-23(10-8-21)33-15-5-13-30-33)29-20-22-6-4-12-27-24(22)32-18-16-31(2)17-19-32;/h4-10,12-13,15H,3,11,14,16-20H2,1-2H3,(H2,26,28,29);1H. The Labute approximate surface area is 219 Å². The van der Waals surface area contributed by atoms with Gasteiger partial charge < -0.3 is 20.4 Å². The van der Waals surface area contributed by atoms with Gasteiger partial charge in [-0.15, -0.1) is 24.0 Å². The summed E-state index contributed by atoms with van der Waals surface area (Å²) in [6.45, 7) is 8.45. The van der Waals surface area contributed by atoms with Crippen molar-refractivity contribution in [2.75, 3.05) is 51.2 Å². The number of rotatable bonds is 8. The molecule has 182 valence electrons. The Morgan fingerprint density at radius 1 is 1.00 bits per heavy atom. The van der Waals surface area contributed by atoms with E-state index >= 15 is 0 Å². The van der Waals surface area contributed by atoms with Gasteiger partial charge in [0.15, 0.2) is 5.96 Å². The number of likely N-dealkylation sites (N-methyl/N-ethyl adjacent to an activating group) is 1. The first-order chi connectivity index (χ1) is 16.2. The Morgan fingerprint density at radius 2 is 1.79 bits per heavy atom. The molecular weight excluding hydrogens is 539 g/mol. The van der Waals surface area contributed by atoms with E-state index in [0.29, 0.717) is 6.54 Å². The molecule has 0 atom stereocenters. The van der Waals surface area contributed by atoms with Crippen LogP contribution in [0.2, 0.25) is 0 Å². The lowest BCUT2D eigenvalue weighted by Crippen LogP contribution is -2.45. The topological polar surface area (TPSA) is 73.6 Å². The third-order valence-corrected chi connectivity index (χ3v) is 5.83. The fourth-order valence-electron chi connectivity index (χ4n) is 3.92. The van der Waals surface area contributed by atoms with Gasteiger partial charge in [0.2, 0.25) is 0 Å². The molecule has 2 aromatic heterocycles. The Kier molecular flexibility index (Phi) is 10.1. The Bertz CT molecular complexity index is 1010. The van der Waals surface area contributed by atoms with Gasteiger partial charge in [0.25, 0.3) is 0 Å². The lowest BCUT2D eigenvalue weighted by molar-refractivity contribution is 0.312. The predicted octanol–water partition coefficient (Wildman–Crippen LogP) is 2.93. The molecule has 0 saturated carbocycles. The molecule has 1 aromatic carbocycles. The van der Waals surface area contributed by atoms with Crippen LogP contribution in [0, 0.1) is 0 Å². The van der Waals surface area contributed by atoms with Crippen LogP contribution >= 0.6 is 24.0 Å². The molecule has 0 amide bonds. The minimum absolute atomic E-state index is 0. The van der Waals surface area contributed by atoms with Crippen LogP contribution in [0.1, 0.15) is 18.1 Å². The Morgan fingerprint density at radius 3 is 2.50 bits per heavy atom. The first-order valence-corrected chi connectivity index (χ1v) is 11.7. The largest absolute Gasteiger partial charge is 0.357 e. The number of hydrogen-bond donors (Lipinski definition) is 2. The van der Waals surface area contributed by atoms with E-state index in [4.69, 9.17) is 4.99 Å². The molecule has 8 nitrogen and oxygen atoms in total. The number of guanidine groups is 1. The second kappa shape index (κ2) is 13.3. The number of hydrogen-bond acceptors (Lipinski definition) is 5. The fourth-order valence-corrected chi connectivity index (χ4v) is 3.92. The normalized spacial score (nSPS) is 14.5. The number of benzene rings is 1. The molecule has 1 fully saturated rings. The number of piperazine rings is 1. The van der Waals surface area contributed by atoms with Crippen molar-refractivity contribution in [1.29, 1.82) is 0 Å². The van der Waals surface area contributed by atoms with Gasteiger partial charge in [0.1, 0.15) is 5.82 Å². The zero-order valence-electron chi connectivity index (χ0n) is 20.0. The number of nitrogens with zero attached hydrogens (tertiary/aromatic N) is 6. The van der Waals surface area contributed by atoms with Crippen LogP contribution in [0.15, 0.2) is 66.0 Å². The summed E-state index contributed by atoms with van der Waals surface area (Å²) < 4.78 is 1.87. The van der Waals surface area contributed by atoms with Crippen molar-refractivity contribution in [1.82, 2.24) is 30.3 Å². The molecule has 34 heavy (non-hydrogen) atoms. The molecule has 1 saturated heterocycles. The zero-order chi connectivity index (χ0) is 22.9. The average molecular weight is 575 g/mol. The van der Waals surface area contributed by atoms with Crippen LogP contribution in [0.4, 0.5) is 5.82 Å². The molecule has 0 aliphatic carbocycles. The van der Waals surface area contributed by atoms with Crippen molar-refractivity contribution < 1.29 is 0 Å². The number of pyridine rings is 1. The Balaban J connectivity index is 0.00000324. The summed E-state index contributed by atoms with van der Waals surface area (Å²) in [6, 6.07) is 14.6. The van der Waals surface area contributed by atoms with E-state index in [1.807, 2.05) is 29.2 Å². The van der Waals surface area contributed by atoms with Crippen molar-refractivity contribution in [3.8, 4) is 5.69 Å². The summed E-state index contributed by atoms with van der Waals surface area (Å²) in [5.41, 5.74) is 3.51. The quantitative estimate of drug-likeness (QED) is 0.245. The number of aliphatic imine (C=N–C) groups is 1. The molecule has 1 aliphatic heterocycles. The highest BCUT2D eigenvalue weighted by Crippen LogP contribution is 2.19. The molecular formula is C25H35IN8. The van der Waals surface area contributed by atoms with Crippen LogP contribution in [0.3, 0.4) is 0 Å². The van der Waals surface area contributed by atoms with Crippen LogP contribution in [-0.2, 0) is 13.0 Å². The maximum atomic E-state index is 4.84. The van der Waals surface area contributed by atoms with Gasteiger partial charge in [0.05, 0.1) is 12.2 Å². The maximum Gasteiger partial charge on any atom is 0.191 e. The van der Waals surface area contributed by atoms with Crippen LogP contribution in [0.25, 0.3) is 5.69 Å². The average Bonchev–Trinajstić information content (AvgIpc) is 3.39.